The van der Waals surface area contributed by atoms with Gasteiger partial charge in [-0.3, -0.25) is 4.79 Å². The summed E-state index contributed by atoms with van der Waals surface area (Å²) in [4.78, 5) is 13.1. The van der Waals surface area contributed by atoms with Gasteiger partial charge in [-0.05, 0) is 80.4 Å². The van der Waals surface area contributed by atoms with E-state index in [4.69, 9.17) is 11.6 Å². The van der Waals surface area contributed by atoms with E-state index in [0.29, 0.717) is 35.5 Å². The Balaban J connectivity index is 1.10. The molecule has 0 aromatic heterocycles. The molecule has 5 fully saturated rings. The standard InChI is InChI=1S/C22H27ClN2O3S/c1-13-18(23)3-2-4-19(13)29(27,28)25-6-5-14(12-25)7-20(26)24-21-10-16-8-15-9-17(11-21)22(15,16)21/h2-4,14-17H,5-12H2,1H3,(H,24,26). The van der Waals surface area contributed by atoms with Crippen LogP contribution < -0.4 is 5.32 Å². The molecule has 1 amide bonds. The Labute approximate surface area is 177 Å². The Hall–Kier alpha value is -1.11. The highest BCUT2D eigenvalue weighted by atomic mass is 35.5. The Kier molecular flexibility index (Phi) is 3.71. The van der Waals surface area contributed by atoms with Crippen molar-refractivity contribution in [1.82, 2.24) is 9.62 Å². The number of nitrogens with zero attached hydrogens (tertiary/aromatic N) is 1. The van der Waals surface area contributed by atoms with Crippen molar-refractivity contribution in [2.24, 2.45) is 29.1 Å². The quantitative estimate of drug-likeness (QED) is 0.772. The molecule has 5 aliphatic rings. The zero-order valence-corrected chi connectivity index (χ0v) is 18.2. The summed E-state index contributed by atoms with van der Waals surface area (Å²) < 4.78 is 27.7. The minimum atomic E-state index is -3.58. The second-order valence-corrected chi connectivity index (χ2v) is 12.4. The van der Waals surface area contributed by atoms with E-state index in [9.17, 15) is 13.2 Å². The van der Waals surface area contributed by atoms with E-state index in [1.807, 2.05) is 0 Å². The van der Waals surface area contributed by atoms with Crippen LogP contribution in [0.15, 0.2) is 23.1 Å². The van der Waals surface area contributed by atoms with Crippen molar-refractivity contribution >= 4 is 27.5 Å². The number of nitrogens with one attached hydrogen (secondary N) is 1. The molecule has 156 valence electrons. The normalized spacial score (nSPS) is 41.9. The van der Waals surface area contributed by atoms with Crippen molar-refractivity contribution < 1.29 is 13.2 Å². The lowest BCUT2D eigenvalue weighted by Crippen LogP contribution is -2.92. The maximum Gasteiger partial charge on any atom is 0.243 e. The highest BCUT2D eigenvalue weighted by Crippen LogP contribution is 2.89. The van der Waals surface area contributed by atoms with Crippen molar-refractivity contribution in [1.29, 1.82) is 0 Å². The molecule has 4 aliphatic carbocycles. The van der Waals surface area contributed by atoms with E-state index in [-0.39, 0.29) is 22.3 Å². The number of carbonyl (C=O) groups excluding carboxylic acids is 1. The van der Waals surface area contributed by atoms with E-state index >= 15 is 0 Å². The molecule has 6 rings (SSSR count). The van der Waals surface area contributed by atoms with Gasteiger partial charge >= 0.3 is 0 Å². The maximum atomic E-state index is 13.1. The van der Waals surface area contributed by atoms with Crippen LogP contribution >= 0.6 is 11.6 Å². The predicted octanol–water partition coefficient (Wildman–Crippen LogP) is 3.35. The molecule has 29 heavy (non-hydrogen) atoms. The van der Waals surface area contributed by atoms with Gasteiger partial charge in [-0.25, -0.2) is 8.42 Å². The summed E-state index contributed by atoms with van der Waals surface area (Å²) in [5.74, 6) is 2.82. The molecule has 1 saturated heterocycles. The molecule has 0 bridgehead atoms. The topological polar surface area (TPSA) is 66.5 Å². The summed E-state index contributed by atoms with van der Waals surface area (Å²) in [6.07, 6.45) is 6.27. The van der Waals surface area contributed by atoms with Crippen LogP contribution in [0.25, 0.3) is 0 Å². The van der Waals surface area contributed by atoms with Crippen molar-refractivity contribution in [2.75, 3.05) is 13.1 Å². The minimum absolute atomic E-state index is 0.0866. The van der Waals surface area contributed by atoms with Gasteiger partial charge in [0.1, 0.15) is 0 Å². The number of amides is 1. The summed E-state index contributed by atoms with van der Waals surface area (Å²) in [6.45, 7) is 2.61. The molecule has 3 atom stereocenters. The van der Waals surface area contributed by atoms with Crippen LogP contribution in [0.2, 0.25) is 5.02 Å². The number of hydrogen-bond donors (Lipinski definition) is 1. The van der Waals surface area contributed by atoms with Crippen LogP contribution in [-0.2, 0) is 14.8 Å². The first-order valence-electron chi connectivity index (χ1n) is 10.8. The number of hydrogen-bond acceptors (Lipinski definition) is 3. The molecule has 1 N–H and O–H groups in total. The average Bonchev–Trinajstić information content (AvgIpc) is 3.06. The Morgan fingerprint density at radius 2 is 1.97 bits per heavy atom. The first-order valence-corrected chi connectivity index (χ1v) is 12.7. The fourth-order valence-corrected chi connectivity index (χ4v) is 9.92. The molecule has 1 aliphatic heterocycles. The van der Waals surface area contributed by atoms with Gasteiger partial charge in [0, 0.05) is 35.5 Å². The molecule has 0 radical (unpaired) electrons. The molecule has 7 heteroatoms. The van der Waals surface area contributed by atoms with Gasteiger partial charge in [0.2, 0.25) is 15.9 Å². The van der Waals surface area contributed by atoms with Crippen molar-refractivity contribution in [3.8, 4) is 0 Å². The van der Waals surface area contributed by atoms with Gasteiger partial charge in [0.15, 0.2) is 0 Å². The molecule has 3 unspecified atom stereocenters. The van der Waals surface area contributed by atoms with Gasteiger partial charge in [0.05, 0.1) is 4.90 Å². The molecule has 5 nitrogen and oxygen atoms in total. The molecule has 1 aromatic rings. The van der Waals surface area contributed by atoms with E-state index in [2.05, 4.69) is 5.32 Å². The van der Waals surface area contributed by atoms with Crippen LogP contribution in [0.3, 0.4) is 0 Å². The predicted molar refractivity (Wildman–Crippen MR) is 110 cm³/mol. The molecular weight excluding hydrogens is 408 g/mol. The highest BCUT2D eigenvalue weighted by molar-refractivity contribution is 7.89. The van der Waals surface area contributed by atoms with E-state index in [1.165, 1.54) is 30.0 Å². The van der Waals surface area contributed by atoms with Crippen molar-refractivity contribution in [3.05, 3.63) is 28.8 Å². The highest BCUT2D eigenvalue weighted by Gasteiger charge is 2.88. The Morgan fingerprint density at radius 1 is 1.24 bits per heavy atom. The number of benzene rings is 1. The molecular formula is C22H27ClN2O3S. The van der Waals surface area contributed by atoms with E-state index < -0.39 is 10.0 Å². The fraction of sp³-hybridized carbons (Fsp3) is 0.682. The third-order valence-electron chi connectivity index (χ3n) is 9.12. The summed E-state index contributed by atoms with van der Waals surface area (Å²) in [7, 11) is -3.58. The van der Waals surface area contributed by atoms with E-state index in [0.717, 1.165) is 24.2 Å². The summed E-state index contributed by atoms with van der Waals surface area (Å²) >= 11 is 6.13. The van der Waals surface area contributed by atoms with Gasteiger partial charge < -0.3 is 5.32 Å². The lowest BCUT2D eigenvalue weighted by molar-refractivity contribution is -0.394. The van der Waals surface area contributed by atoms with Crippen LogP contribution in [0, 0.1) is 36.0 Å². The zero-order valence-electron chi connectivity index (χ0n) is 16.7. The molecule has 1 aromatic carbocycles. The number of rotatable bonds is 5. The summed E-state index contributed by atoms with van der Waals surface area (Å²) in [5.41, 5.74) is 1.17. The first-order chi connectivity index (χ1) is 13.8. The lowest BCUT2D eigenvalue weighted by atomic mass is 9.15. The maximum absolute atomic E-state index is 13.1. The Bertz CT molecular complexity index is 997. The second kappa shape index (κ2) is 5.77. The number of carbonyl (C=O) groups is 1. The third kappa shape index (κ3) is 2.16. The third-order valence-corrected chi connectivity index (χ3v) is 11.5. The monoisotopic (exact) mass is 434 g/mol. The van der Waals surface area contributed by atoms with Gasteiger partial charge in [-0.2, -0.15) is 4.31 Å². The first kappa shape index (κ1) is 18.6. The molecule has 1 heterocycles. The van der Waals surface area contributed by atoms with E-state index in [1.54, 1.807) is 25.1 Å². The van der Waals surface area contributed by atoms with Crippen LogP contribution in [-0.4, -0.2) is 37.3 Å². The summed E-state index contributed by atoms with van der Waals surface area (Å²) in [5, 5.41) is 3.88. The number of sulfonamides is 1. The van der Waals surface area contributed by atoms with Crippen molar-refractivity contribution in [3.63, 3.8) is 0 Å². The lowest BCUT2D eigenvalue weighted by Gasteiger charge is -2.91. The van der Waals surface area contributed by atoms with Crippen LogP contribution in [0.4, 0.5) is 0 Å². The number of halogens is 1. The van der Waals surface area contributed by atoms with Crippen molar-refractivity contribution in [2.45, 2.75) is 55.9 Å². The van der Waals surface area contributed by atoms with Gasteiger partial charge in [-0.1, -0.05) is 17.7 Å². The second-order valence-electron chi connectivity index (χ2n) is 10.1. The fourth-order valence-electron chi connectivity index (χ4n) is 7.91. The molecule has 1 spiro atoms. The summed E-state index contributed by atoms with van der Waals surface area (Å²) in [6, 6.07) is 4.99. The van der Waals surface area contributed by atoms with Crippen LogP contribution in [0.1, 0.15) is 44.1 Å². The average molecular weight is 435 g/mol. The van der Waals surface area contributed by atoms with Crippen LogP contribution in [0.5, 0.6) is 0 Å². The Morgan fingerprint density at radius 3 is 2.62 bits per heavy atom. The zero-order chi connectivity index (χ0) is 20.2. The molecule has 4 saturated carbocycles. The van der Waals surface area contributed by atoms with Gasteiger partial charge in [0.25, 0.3) is 0 Å². The SMILES string of the molecule is Cc1c(Cl)cccc1S(=O)(=O)N1CCC(CC(=O)NC23CC4CC5CC(C2)C543)C1. The smallest absolute Gasteiger partial charge is 0.243 e. The minimum Gasteiger partial charge on any atom is -0.350 e. The largest absolute Gasteiger partial charge is 0.350 e. The van der Waals surface area contributed by atoms with Gasteiger partial charge in [-0.15, -0.1) is 0 Å².